The fourth-order valence-electron chi connectivity index (χ4n) is 0.0981. The fourth-order valence-corrected chi connectivity index (χ4v) is 0.0981. The van der Waals surface area contributed by atoms with Gasteiger partial charge in [0.15, 0.2) is 0 Å². The van der Waals surface area contributed by atoms with E-state index in [0.717, 1.165) is 6.21 Å². The normalized spacial score (nSPS) is 10.6. The van der Waals surface area contributed by atoms with Crippen molar-refractivity contribution in [3.8, 4) is 0 Å². The lowest BCUT2D eigenvalue weighted by Gasteiger charge is -1.77. The van der Waals surface area contributed by atoms with E-state index in [1.54, 1.807) is 0 Å². The van der Waals surface area contributed by atoms with Crippen molar-refractivity contribution in [3.05, 3.63) is 0 Å². The van der Waals surface area contributed by atoms with Gasteiger partial charge in [-0.05, 0) is 0 Å². The highest BCUT2D eigenvalue weighted by molar-refractivity contribution is 6.28. The Kier molecular flexibility index (Phi) is 2.50. The van der Waals surface area contributed by atoms with Gasteiger partial charge in [-0.3, -0.25) is 4.79 Å². The van der Waals surface area contributed by atoms with E-state index in [-0.39, 0.29) is 5.84 Å². The number of amidine groups is 1. The lowest BCUT2D eigenvalue weighted by Crippen LogP contribution is -2.11. The van der Waals surface area contributed by atoms with E-state index in [9.17, 15) is 4.79 Å². The summed E-state index contributed by atoms with van der Waals surface area (Å²) in [6.07, 6.45) is 1.09. The smallest absolute Gasteiger partial charge is 0.234 e. The Bertz CT molecular complexity index is 107. The van der Waals surface area contributed by atoms with Crippen molar-refractivity contribution in [2.75, 3.05) is 0 Å². The Morgan fingerprint density at radius 3 is 2.57 bits per heavy atom. The van der Waals surface area contributed by atoms with Gasteiger partial charge in [-0.25, -0.2) is 0 Å². The largest absolute Gasteiger partial charge is 0.382 e. The van der Waals surface area contributed by atoms with Gasteiger partial charge in [-0.15, -0.1) is 0 Å². The van der Waals surface area contributed by atoms with Crippen LogP contribution in [-0.2, 0) is 4.79 Å². The minimum atomic E-state index is -0.0741. The first-order chi connectivity index (χ1) is 3.31. The van der Waals surface area contributed by atoms with Gasteiger partial charge < -0.3 is 11.1 Å². The maximum atomic E-state index is 9.40. The van der Waals surface area contributed by atoms with Gasteiger partial charge in [-0.1, -0.05) is 0 Å². The number of amides is 1. The summed E-state index contributed by atoms with van der Waals surface area (Å²) in [7, 11) is 0. The average Bonchev–Trinajstić information content (AvgIpc) is 1.68. The predicted molar refractivity (Wildman–Crippen MR) is 26.5 cm³/mol. The molecule has 4 heteroatoms. The molecule has 0 saturated carbocycles. The Labute approximate surface area is 40.6 Å². The molecule has 0 aliphatic rings. The Balaban J connectivity index is 3.72. The first-order valence-electron chi connectivity index (χ1n) is 1.58. The number of carbonyl (C=O) groups excluding carboxylic acids is 1. The molecule has 0 aromatic rings. The third-order valence-electron chi connectivity index (χ3n) is 0.350. The van der Waals surface area contributed by atoms with Crippen molar-refractivity contribution in [1.29, 1.82) is 5.41 Å². The predicted octanol–water partition coefficient (Wildman–Crippen LogP) is -0.850. The summed E-state index contributed by atoms with van der Waals surface area (Å²) < 4.78 is 0. The maximum Gasteiger partial charge on any atom is 0.234 e. The standard InChI is InChI=1S/C3H5N3O/c4-1-3(5)6-2-7/h1-2,4H,(H2,5,6,7). The second-order valence-corrected chi connectivity index (χ2v) is 0.804. The molecule has 0 aromatic heterocycles. The lowest BCUT2D eigenvalue weighted by molar-refractivity contribution is -0.106. The van der Waals surface area contributed by atoms with E-state index < -0.39 is 0 Å². The highest BCUT2D eigenvalue weighted by Crippen LogP contribution is 1.53. The molecule has 0 bridgehead atoms. The highest BCUT2D eigenvalue weighted by atomic mass is 16.1. The number of rotatable bonds is 2. The second-order valence-electron chi connectivity index (χ2n) is 0.804. The lowest BCUT2D eigenvalue weighted by atomic mass is 10.7. The van der Waals surface area contributed by atoms with E-state index in [0.29, 0.717) is 6.41 Å². The molecule has 0 aliphatic carbocycles. The fraction of sp³-hybridized carbons (Fsp3) is 0. The van der Waals surface area contributed by atoms with Crippen molar-refractivity contribution >= 4 is 18.5 Å². The number of nitrogens with one attached hydrogen (secondary N) is 1. The number of aliphatic imine (C=N–C) groups is 1. The number of nitrogens with two attached hydrogens (primary N) is 1. The second kappa shape index (κ2) is 3.02. The van der Waals surface area contributed by atoms with Gasteiger partial charge in [0.2, 0.25) is 6.41 Å². The van der Waals surface area contributed by atoms with Crippen LogP contribution in [0.1, 0.15) is 0 Å². The first kappa shape index (κ1) is 5.81. The van der Waals surface area contributed by atoms with Crippen molar-refractivity contribution < 1.29 is 4.79 Å². The molecule has 0 fully saturated rings. The van der Waals surface area contributed by atoms with Gasteiger partial charge in [0, 0.05) is 0 Å². The third-order valence-corrected chi connectivity index (χ3v) is 0.350. The van der Waals surface area contributed by atoms with Crippen LogP contribution in [0.2, 0.25) is 0 Å². The third kappa shape index (κ3) is 2.62. The molecule has 0 heterocycles. The molecule has 0 aliphatic heterocycles. The summed E-state index contributed by atoms with van der Waals surface area (Å²) in [5.41, 5.74) is 4.86. The van der Waals surface area contributed by atoms with Gasteiger partial charge in [0.25, 0.3) is 0 Å². The number of nitrogens with zero attached hydrogens (tertiary/aromatic N) is 1. The van der Waals surface area contributed by atoms with Crippen molar-refractivity contribution in [1.82, 2.24) is 0 Å². The summed E-state index contributed by atoms with van der Waals surface area (Å²) in [6, 6.07) is 0. The van der Waals surface area contributed by atoms with Crippen molar-refractivity contribution in [2.24, 2.45) is 10.7 Å². The van der Waals surface area contributed by atoms with Crippen LogP contribution in [-0.4, -0.2) is 18.5 Å². The topological polar surface area (TPSA) is 79.3 Å². The van der Waals surface area contributed by atoms with E-state index in [2.05, 4.69) is 4.99 Å². The van der Waals surface area contributed by atoms with E-state index >= 15 is 0 Å². The Hall–Kier alpha value is -1.19. The maximum absolute atomic E-state index is 9.40. The van der Waals surface area contributed by atoms with Crippen molar-refractivity contribution in [3.63, 3.8) is 0 Å². The molecule has 0 atom stereocenters. The average molecular weight is 99.1 g/mol. The molecule has 4 nitrogen and oxygen atoms in total. The minimum Gasteiger partial charge on any atom is -0.382 e. The van der Waals surface area contributed by atoms with E-state index in [4.69, 9.17) is 11.1 Å². The Morgan fingerprint density at radius 2 is 2.43 bits per heavy atom. The Morgan fingerprint density at radius 1 is 1.86 bits per heavy atom. The molecule has 7 heavy (non-hydrogen) atoms. The minimum absolute atomic E-state index is 0.0741. The number of hydrogen-bond acceptors (Lipinski definition) is 2. The molecule has 38 valence electrons. The van der Waals surface area contributed by atoms with Crippen LogP contribution >= 0.6 is 0 Å². The summed E-state index contributed by atoms with van der Waals surface area (Å²) >= 11 is 0. The molecule has 0 unspecified atom stereocenters. The van der Waals surface area contributed by atoms with Gasteiger partial charge >= 0.3 is 0 Å². The summed E-state index contributed by atoms with van der Waals surface area (Å²) in [6.45, 7) is 0. The zero-order valence-electron chi connectivity index (χ0n) is 3.59. The van der Waals surface area contributed by atoms with Crippen molar-refractivity contribution in [2.45, 2.75) is 0 Å². The van der Waals surface area contributed by atoms with Crippen LogP contribution in [0.25, 0.3) is 0 Å². The van der Waals surface area contributed by atoms with Crippen LogP contribution in [0.3, 0.4) is 0 Å². The molecule has 1 amide bonds. The van der Waals surface area contributed by atoms with E-state index in [1.807, 2.05) is 0 Å². The van der Waals surface area contributed by atoms with E-state index in [1.165, 1.54) is 0 Å². The number of carbonyl (C=O) groups is 1. The zero-order chi connectivity index (χ0) is 5.70. The summed E-state index contributed by atoms with van der Waals surface area (Å²) in [4.78, 5) is 12.4. The molecule has 0 saturated heterocycles. The zero-order valence-corrected chi connectivity index (χ0v) is 3.59. The molecular weight excluding hydrogens is 94.1 g/mol. The van der Waals surface area contributed by atoms with Gasteiger partial charge in [0.05, 0.1) is 6.21 Å². The quantitative estimate of drug-likeness (QED) is 0.268. The van der Waals surface area contributed by atoms with Gasteiger partial charge in [-0.2, -0.15) is 4.99 Å². The molecule has 0 radical (unpaired) electrons. The molecule has 0 spiro atoms. The summed E-state index contributed by atoms with van der Waals surface area (Å²) in [5, 5.41) is 6.37. The van der Waals surface area contributed by atoms with Gasteiger partial charge in [0.1, 0.15) is 5.84 Å². The van der Waals surface area contributed by atoms with Crippen LogP contribution < -0.4 is 5.73 Å². The van der Waals surface area contributed by atoms with Crippen LogP contribution in [0, 0.1) is 5.41 Å². The molecule has 0 rings (SSSR count). The molecular formula is C3H5N3O. The van der Waals surface area contributed by atoms with Crippen LogP contribution in [0.4, 0.5) is 0 Å². The van der Waals surface area contributed by atoms with Crippen LogP contribution in [0.15, 0.2) is 4.99 Å². The molecule has 0 aromatic carbocycles. The number of hydrogen-bond donors (Lipinski definition) is 2. The van der Waals surface area contributed by atoms with Crippen LogP contribution in [0.5, 0.6) is 0 Å². The first-order valence-corrected chi connectivity index (χ1v) is 1.58. The monoisotopic (exact) mass is 99.0 g/mol. The molecule has 3 N–H and O–H groups in total. The highest BCUT2D eigenvalue weighted by Gasteiger charge is 1.75. The summed E-state index contributed by atoms with van der Waals surface area (Å²) in [5.74, 6) is -0.0741. The SMILES string of the molecule is N=CC(N)=NC=O.